The molecule has 0 bridgehead atoms. The summed E-state index contributed by atoms with van der Waals surface area (Å²) in [5, 5.41) is 8.27. The molecule has 0 fully saturated rings. The van der Waals surface area contributed by atoms with Crippen molar-refractivity contribution in [3.05, 3.63) is 0 Å². The monoisotopic (exact) mass is 146 g/mol. The van der Waals surface area contributed by atoms with E-state index in [4.69, 9.17) is 16.6 Å². The van der Waals surface area contributed by atoms with Gasteiger partial charge in [-0.3, -0.25) is 9.59 Å². The van der Waals surface area contributed by atoms with Crippen LogP contribution in [-0.4, -0.2) is 23.0 Å². The molecule has 58 valence electrons. The van der Waals surface area contributed by atoms with Gasteiger partial charge in [-0.25, -0.2) is 0 Å². The number of aliphatic carboxylic acids is 1. The van der Waals surface area contributed by atoms with Crippen molar-refractivity contribution in [2.45, 2.75) is 13.0 Å². The van der Waals surface area contributed by atoms with Crippen LogP contribution in [0.3, 0.4) is 0 Å². The van der Waals surface area contributed by atoms with Gasteiger partial charge in [-0.05, 0) is 0 Å². The molecule has 0 rings (SSSR count). The average molecular weight is 146 g/mol. The molecular formula is C5H10N2O3. The molecule has 10 heavy (non-hydrogen) atoms. The quantitative estimate of drug-likeness (QED) is 0.451. The summed E-state index contributed by atoms with van der Waals surface area (Å²) in [5.74, 6) is -2.74. The lowest BCUT2D eigenvalue weighted by Crippen LogP contribution is -2.42. The Balaban J connectivity index is 4.07. The van der Waals surface area contributed by atoms with Crippen LogP contribution in [0, 0.1) is 5.92 Å². The zero-order chi connectivity index (χ0) is 8.31. The minimum absolute atomic E-state index is 0.699. The highest BCUT2D eigenvalue weighted by Crippen LogP contribution is 1.98. The number of carboxylic acids is 1. The number of carboxylic acid groups (broad SMARTS) is 1. The topological polar surface area (TPSA) is 106 Å². The van der Waals surface area contributed by atoms with Crippen molar-refractivity contribution in [3.63, 3.8) is 0 Å². The molecule has 1 amide bonds. The highest BCUT2D eigenvalue weighted by molar-refractivity contribution is 5.85. The Morgan fingerprint density at radius 3 is 2.00 bits per heavy atom. The van der Waals surface area contributed by atoms with Crippen LogP contribution in [0.15, 0.2) is 0 Å². The fourth-order valence-electron chi connectivity index (χ4n) is 0.391. The zero-order valence-corrected chi connectivity index (χ0v) is 5.57. The van der Waals surface area contributed by atoms with Crippen LogP contribution in [0.1, 0.15) is 6.92 Å². The largest absolute Gasteiger partial charge is 0.480 e. The number of rotatable bonds is 3. The second kappa shape index (κ2) is 3.17. The predicted molar refractivity (Wildman–Crippen MR) is 34.0 cm³/mol. The zero-order valence-electron chi connectivity index (χ0n) is 5.57. The average Bonchev–Trinajstić information content (AvgIpc) is 1.84. The standard InChI is InChI=1S/C5H10N2O3/c1-2(4(7)8)3(6)5(9)10/h2-3H,6H2,1H3,(H2,7,8)(H,9,10)/t2?,3-/m1/s1. The molecule has 0 aliphatic carbocycles. The molecule has 0 saturated heterocycles. The third-order valence-electron chi connectivity index (χ3n) is 1.27. The smallest absolute Gasteiger partial charge is 0.321 e. The van der Waals surface area contributed by atoms with Gasteiger partial charge in [-0.2, -0.15) is 0 Å². The summed E-state index contributed by atoms with van der Waals surface area (Å²) in [5.41, 5.74) is 9.85. The summed E-state index contributed by atoms with van der Waals surface area (Å²) in [7, 11) is 0. The van der Waals surface area contributed by atoms with E-state index in [1.165, 1.54) is 6.92 Å². The van der Waals surface area contributed by atoms with Gasteiger partial charge >= 0.3 is 5.97 Å². The van der Waals surface area contributed by atoms with Gasteiger partial charge < -0.3 is 16.6 Å². The second-order valence-corrected chi connectivity index (χ2v) is 2.06. The third-order valence-corrected chi connectivity index (χ3v) is 1.27. The van der Waals surface area contributed by atoms with Crippen LogP contribution in [0.25, 0.3) is 0 Å². The van der Waals surface area contributed by atoms with Crippen molar-refractivity contribution in [1.82, 2.24) is 0 Å². The van der Waals surface area contributed by atoms with Crippen molar-refractivity contribution < 1.29 is 14.7 Å². The van der Waals surface area contributed by atoms with E-state index in [0.717, 1.165) is 0 Å². The first-order valence-electron chi connectivity index (χ1n) is 2.74. The van der Waals surface area contributed by atoms with E-state index in [2.05, 4.69) is 0 Å². The molecular weight excluding hydrogens is 136 g/mol. The first-order valence-corrected chi connectivity index (χ1v) is 2.74. The maximum absolute atomic E-state index is 10.3. The Morgan fingerprint density at radius 1 is 1.50 bits per heavy atom. The van der Waals surface area contributed by atoms with Crippen LogP contribution in [-0.2, 0) is 9.59 Å². The predicted octanol–water partition coefficient (Wildman–Crippen LogP) is -1.48. The lowest BCUT2D eigenvalue weighted by Gasteiger charge is -2.10. The molecule has 0 radical (unpaired) electrons. The number of carbonyl (C=O) groups excluding carboxylic acids is 1. The van der Waals surface area contributed by atoms with Crippen LogP contribution in [0.5, 0.6) is 0 Å². The van der Waals surface area contributed by atoms with Crippen molar-refractivity contribution in [2.24, 2.45) is 17.4 Å². The Kier molecular flexibility index (Phi) is 2.82. The number of primary amides is 1. The molecule has 0 spiro atoms. The number of hydrogen-bond donors (Lipinski definition) is 3. The SMILES string of the molecule is CC(C(N)=O)[C@@H](N)C(=O)O. The fourth-order valence-corrected chi connectivity index (χ4v) is 0.391. The number of carbonyl (C=O) groups is 2. The highest BCUT2D eigenvalue weighted by Gasteiger charge is 2.23. The minimum Gasteiger partial charge on any atom is -0.480 e. The molecule has 0 aliphatic rings. The van der Waals surface area contributed by atoms with Crippen molar-refractivity contribution >= 4 is 11.9 Å². The Hall–Kier alpha value is -1.10. The first-order chi connectivity index (χ1) is 4.46. The number of hydrogen-bond acceptors (Lipinski definition) is 3. The molecule has 0 saturated carbocycles. The maximum atomic E-state index is 10.3. The third kappa shape index (κ3) is 2.02. The summed E-state index contributed by atoms with van der Waals surface area (Å²) in [6.07, 6.45) is 0. The fraction of sp³-hybridized carbons (Fsp3) is 0.600. The lowest BCUT2D eigenvalue weighted by atomic mass is 10.0. The van der Waals surface area contributed by atoms with Crippen LogP contribution in [0.4, 0.5) is 0 Å². The highest BCUT2D eigenvalue weighted by atomic mass is 16.4. The van der Waals surface area contributed by atoms with Gasteiger partial charge in [-0.15, -0.1) is 0 Å². The summed E-state index contributed by atoms with van der Waals surface area (Å²) in [4.78, 5) is 20.4. The van der Waals surface area contributed by atoms with Gasteiger partial charge in [0, 0.05) is 0 Å². The molecule has 0 aromatic heterocycles. The summed E-state index contributed by atoms with van der Waals surface area (Å²) in [6, 6.07) is -1.20. The summed E-state index contributed by atoms with van der Waals surface area (Å²) >= 11 is 0. The molecule has 0 heterocycles. The van der Waals surface area contributed by atoms with Gasteiger partial charge in [0.15, 0.2) is 0 Å². The minimum atomic E-state index is -1.22. The van der Waals surface area contributed by atoms with Crippen molar-refractivity contribution in [2.75, 3.05) is 0 Å². The molecule has 1 unspecified atom stereocenters. The van der Waals surface area contributed by atoms with Gasteiger partial charge in [0.2, 0.25) is 5.91 Å². The van der Waals surface area contributed by atoms with Crippen LogP contribution >= 0.6 is 0 Å². The van der Waals surface area contributed by atoms with Gasteiger partial charge in [0.05, 0.1) is 5.92 Å². The van der Waals surface area contributed by atoms with Gasteiger partial charge in [0.25, 0.3) is 0 Å². The Morgan fingerprint density at radius 2 is 1.90 bits per heavy atom. The lowest BCUT2D eigenvalue weighted by molar-refractivity contribution is -0.142. The maximum Gasteiger partial charge on any atom is 0.321 e. The van der Waals surface area contributed by atoms with Gasteiger partial charge in [0.1, 0.15) is 6.04 Å². The van der Waals surface area contributed by atoms with E-state index < -0.39 is 23.8 Å². The number of amides is 1. The van der Waals surface area contributed by atoms with E-state index in [0.29, 0.717) is 0 Å². The molecule has 5 N–H and O–H groups in total. The van der Waals surface area contributed by atoms with Crippen LogP contribution in [0.2, 0.25) is 0 Å². The molecule has 2 atom stereocenters. The molecule has 0 aliphatic heterocycles. The first kappa shape index (κ1) is 8.90. The second-order valence-electron chi connectivity index (χ2n) is 2.06. The summed E-state index contributed by atoms with van der Waals surface area (Å²) in [6.45, 7) is 1.38. The summed E-state index contributed by atoms with van der Waals surface area (Å²) < 4.78 is 0. The van der Waals surface area contributed by atoms with E-state index in [1.54, 1.807) is 0 Å². The normalized spacial score (nSPS) is 15.8. The van der Waals surface area contributed by atoms with E-state index >= 15 is 0 Å². The Bertz CT molecular complexity index is 139. The van der Waals surface area contributed by atoms with E-state index in [9.17, 15) is 9.59 Å². The van der Waals surface area contributed by atoms with Crippen molar-refractivity contribution in [1.29, 1.82) is 0 Å². The molecule has 5 nitrogen and oxygen atoms in total. The van der Waals surface area contributed by atoms with Crippen molar-refractivity contribution in [3.8, 4) is 0 Å². The van der Waals surface area contributed by atoms with E-state index in [1.807, 2.05) is 0 Å². The molecule has 0 aromatic carbocycles. The van der Waals surface area contributed by atoms with E-state index in [-0.39, 0.29) is 0 Å². The van der Waals surface area contributed by atoms with Gasteiger partial charge in [-0.1, -0.05) is 6.92 Å². The Labute approximate surface area is 58.0 Å². The molecule has 0 aromatic rings. The number of nitrogens with two attached hydrogens (primary N) is 2. The van der Waals surface area contributed by atoms with Crippen LogP contribution < -0.4 is 11.5 Å². The molecule has 5 heteroatoms.